The van der Waals surface area contributed by atoms with E-state index in [-0.39, 0.29) is 19.0 Å². The fraction of sp³-hybridized carbons (Fsp3) is 0.300. The van der Waals surface area contributed by atoms with E-state index in [0.29, 0.717) is 15.6 Å². The minimum Gasteiger partial charge on any atom is -0.465 e. The molecule has 1 aromatic carbocycles. The zero-order chi connectivity index (χ0) is 12.3. The highest BCUT2D eigenvalue weighted by molar-refractivity contribution is 6.42. The van der Waals surface area contributed by atoms with Crippen LogP contribution < -0.4 is 5.73 Å². The second-order valence-electron chi connectivity index (χ2n) is 3.41. The molecule has 0 aliphatic carbocycles. The number of likely N-dealkylation sites (N-methyl/N-ethyl adjacent to an activating group) is 1. The van der Waals surface area contributed by atoms with Crippen LogP contribution in [-0.4, -0.2) is 29.7 Å². The largest absolute Gasteiger partial charge is 0.465 e. The van der Waals surface area contributed by atoms with Gasteiger partial charge in [0.15, 0.2) is 0 Å². The van der Waals surface area contributed by atoms with E-state index in [1.807, 2.05) is 0 Å². The lowest BCUT2D eigenvalue weighted by Crippen LogP contribution is -2.33. The number of rotatable bonds is 3. The van der Waals surface area contributed by atoms with Crippen LogP contribution in [0.25, 0.3) is 0 Å². The molecule has 0 aliphatic heterocycles. The van der Waals surface area contributed by atoms with Crippen LogP contribution in [0.2, 0.25) is 10.0 Å². The van der Waals surface area contributed by atoms with Gasteiger partial charge in [0.2, 0.25) is 0 Å². The van der Waals surface area contributed by atoms with E-state index >= 15 is 0 Å². The van der Waals surface area contributed by atoms with E-state index < -0.39 is 12.1 Å². The Balaban J connectivity index is 0.00000256. The molecule has 1 rings (SSSR count). The summed E-state index contributed by atoms with van der Waals surface area (Å²) in [6.07, 6.45) is -1.03. The molecule has 0 aromatic heterocycles. The second kappa shape index (κ2) is 6.91. The first-order chi connectivity index (χ1) is 7.43. The lowest BCUT2D eigenvalue weighted by molar-refractivity contribution is 0.153. The minimum absolute atomic E-state index is 0. The molecule has 1 atom stereocenters. The van der Waals surface area contributed by atoms with E-state index in [0.717, 1.165) is 4.90 Å². The maximum atomic E-state index is 10.6. The molecule has 96 valence electrons. The fourth-order valence-corrected chi connectivity index (χ4v) is 1.73. The van der Waals surface area contributed by atoms with Crippen LogP contribution in [0.15, 0.2) is 18.2 Å². The topological polar surface area (TPSA) is 66.6 Å². The summed E-state index contributed by atoms with van der Waals surface area (Å²) in [5, 5.41) is 9.49. The molecular formula is C10H13Cl3N2O2. The lowest BCUT2D eigenvalue weighted by atomic mass is 10.1. The summed E-state index contributed by atoms with van der Waals surface area (Å²) in [6, 6.07) is 4.62. The molecule has 1 unspecified atom stereocenters. The molecule has 0 aliphatic rings. The first kappa shape index (κ1) is 16.3. The summed E-state index contributed by atoms with van der Waals surface area (Å²) in [7, 11) is 1.45. The number of halogens is 3. The van der Waals surface area contributed by atoms with Crippen LogP contribution in [0.3, 0.4) is 0 Å². The summed E-state index contributed by atoms with van der Waals surface area (Å²) in [6.45, 7) is 0.162. The number of carboxylic acid groups (broad SMARTS) is 1. The van der Waals surface area contributed by atoms with Gasteiger partial charge in [-0.25, -0.2) is 4.79 Å². The van der Waals surface area contributed by atoms with Crippen LogP contribution in [0.5, 0.6) is 0 Å². The predicted octanol–water partition coefficient (Wildman–Crippen LogP) is 3.02. The van der Waals surface area contributed by atoms with E-state index in [4.69, 9.17) is 34.0 Å². The Morgan fingerprint density at radius 3 is 2.65 bits per heavy atom. The number of nitrogens with two attached hydrogens (primary N) is 1. The smallest absolute Gasteiger partial charge is 0.407 e. The van der Waals surface area contributed by atoms with Gasteiger partial charge < -0.3 is 15.7 Å². The molecule has 7 heteroatoms. The van der Waals surface area contributed by atoms with Gasteiger partial charge in [-0.05, 0) is 11.6 Å². The van der Waals surface area contributed by atoms with Gasteiger partial charge in [-0.1, -0.05) is 35.3 Å². The summed E-state index contributed by atoms with van der Waals surface area (Å²) < 4.78 is 0. The molecular weight excluding hydrogens is 286 g/mol. The minimum atomic E-state index is -1.03. The molecule has 1 aromatic rings. The van der Waals surface area contributed by atoms with Crippen molar-refractivity contribution in [2.45, 2.75) is 6.04 Å². The first-order valence-electron chi connectivity index (χ1n) is 4.57. The van der Waals surface area contributed by atoms with Crippen LogP contribution in [0, 0.1) is 0 Å². The Bertz CT molecular complexity index is 401. The normalized spacial score (nSPS) is 11.5. The van der Waals surface area contributed by atoms with Crippen molar-refractivity contribution < 1.29 is 9.90 Å². The van der Waals surface area contributed by atoms with Crippen LogP contribution >= 0.6 is 35.6 Å². The highest BCUT2D eigenvalue weighted by Gasteiger charge is 2.16. The Hall–Kier alpha value is -0.680. The fourth-order valence-electron chi connectivity index (χ4n) is 1.28. The van der Waals surface area contributed by atoms with Crippen molar-refractivity contribution in [1.29, 1.82) is 0 Å². The molecule has 1 amide bonds. The maximum absolute atomic E-state index is 10.6. The number of hydrogen-bond acceptors (Lipinski definition) is 2. The average Bonchev–Trinajstić information content (AvgIpc) is 2.21. The van der Waals surface area contributed by atoms with Crippen LogP contribution in [0.4, 0.5) is 4.79 Å². The lowest BCUT2D eigenvalue weighted by Gasteiger charge is -2.20. The van der Waals surface area contributed by atoms with Gasteiger partial charge >= 0.3 is 6.09 Å². The van der Waals surface area contributed by atoms with Crippen molar-refractivity contribution in [3.8, 4) is 0 Å². The van der Waals surface area contributed by atoms with Crippen LogP contribution in [-0.2, 0) is 0 Å². The monoisotopic (exact) mass is 298 g/mol. The molecule has 0 saturated heterocycles. The van der Waals surface area contributed by atoms with E-state index in [1.165, 1.54) is 7.05 Å². The van der Waals surface area contributed by atoms with Gasteiger partial charge in [0, 0.05) is 19.6 Å². The predicted molar refractivity (Wildman–Crippen MR) is 71.3 cm³/mol. The average molecular weight is 300 g/mol. The highest BCUT2D eigenvalue weighted by atomic mass is 35.5. The Kier molecular flexibility index (Phi) is 6.64. The van der Waals surface area contributed by atoms with Gasteiger partial charge in [-0.3, -0.25) is 0 Å². The molecule has 0 spiro atoms. The van der Waals surface area contributed by atoms with Gasteiger partial charge in [0.1, 0.15) is 0 Å². The highest BCUT2D eigenvalue weighted by Crippen LogP contribution is 2.29. The zero-order valence-electron chi connectivity index (χ0n) is 9.06. The summed E-state index contributed by atoms with van der Waals surface area (Å²) in [5.74, 6) is 0. The summed E-state index contributed by atoms with van der Waals surface area (Å²) in [4.78, 5) is 11.7. The van der Waals surface area contributed by atoms with Crippen molar-refractivity contribution in [3.05, 3.63) is 33.8 Å². The molecule has 0 heterocycles. The zero-order valence-corrected chi connectivity index (χ0v) is 11.4. The Morgan fingerprint density at radius 2 is 2.12 bits per heavy atom. The third kappa shape index (κ3) is 4.24. The molecule has 0 radical (unpaired) electrons. The number of benzene rings is 1. The van der Waals surface area contributed by atoms with E-state index in [2.05, 4.69) is 0 Å². The van der Waals surface area contributed by atoms with E-state index in [1.54, 1.807) is 18.2 Å². The molecule has 0 bridgehead atoms. The number of carbonyl (C=O) groups is 1. The molecule has 4 nitrogen and oxygen atoms in total. The maximum Gasteiger partial charge on any atom is 0.407 e. The summed E-state index contributed by atoms with van der Waals surface area (Å²) in [5.41, 5.74) is 6.50. The van der Waals surface area contributed by atoms with E-state index in [9.17, 15) is 4.79 Å². The van der Waals surface area contributed by atoms with Gasteiger partial charge in [0.25, 0.3) is 0 Å². The van der Waals surface area contributed by atoms with Crippen molar-refractivity contribution in [3.63, 3.8) is 0 Å². The molecule has 17 heavy (non-hydrogen) atoms. The third-order valence-corrected chi connectivity index (χ3v) is 3.01. The number of hydrogen-bond donors (Lipinski definition) is 2. The molecule has 0 saturated carbocycles. The molecule has 3 N–H and O–H groups in total. The Morgan fingerprint density at radius 1 is 1.53 bits per heavy atom. The van der Waals surface area contributed by atoms with Crippen molar-refractivity contribution in [1.82, 2.24) is 4.90 Å². The SMILES string of the molecule is CN(CC(N)c1cccc(Cl)c1Cl)C(=O)O.Cl. The Labute approximate surface area is 116 Å². The first-order valence-corrected chi connectivity index (χ1v) is 5.32. The quantitative estimate of drug-likeness (QED) is 0.901. The molecule has 0 fully saturated rings. The van der Waals surface area contributed by atoms with Crippen molar-refractivity contribution in [2.24, 2.45) is 5.73 Å². The third-order valence-electron chi connectivity index (χ3n) is 2.18. The van der Waals surface area contributed by atoms with Crippen molar-refractivity contribution in [2.75, 3.05) is 13.6 Å². The standard InChI is InChI=1S/C10H12Cl2N2O2.ClH/c1-14(10(15)16)5-8(13)6-3-2-4-7(11)9(6)12;/h2-4,8H,5,13H2,1H3,(H,15,16);1H. The van der Waals surface area contributed by atoms with Crippen molar-refractivity contribution >= 4 is 41.7 Å². The summed E-state index contributed by atoms with van der Waals surface area (Å²) >= 11 is 11.8. The second-order valence-corrected chi connectivity index (χ2v) is 4.20. The van der Waals surface area contributed by atoms with Gasteiger partial charge in [0.05, 0.1) is 10.0 Å². The number of nitrogens with zero attached hydrogens (tertiary/aromatic N) is 1. The van der Waals surface area contributed by atoms with Crippen LogP contribution in [0.1, 0.15) is 11.6 Å². The van der Waals surface area contributed by atoms with Gasteiger partial charge in [-0.2, -0.15) is 0 Å². The number of amides is 1. The van der Waals surface area contributed by atoms with Gasteiger partial charge in [-0.15, -0.1) is 12.4 Å².